The van der Waals surface area contributed by atoms with Crippen LogP contribution < -0.4 is 5.48 Å². The van der Waals surface area contributed by atoms with Gasteiger partial charge in [-0.3, -0.25) is 14.3 Å². The van der Waals surface area contributed by atoms with Crippen LogP contribution in [0.15, 0.2) is 29.0 Å². The van der Waals surface area contributed by atoms with Gasteiger partial charge in [0.15, 0.2) is 0 Å². The van der Waals surface area contributed by atoms with Crippen LogP contribution in [0.4, 0.5) is 13.2 Å². The highest BCUT2D eigenvalue weighted by molar-refractivity contribution is 7.15. The monoisotopic (exact) mass is 387 g/mol. The molecular formula is C14H12F3N5O3S. The number of rotatable bonds is 5. The fourth-order valence-electron chi connectivity index (χ4n) is 2.09. The molecule has 0 aromatic carbocycles. The summed E-state index contributed by atoms with van der Waals surface area (Å²) in [5, 5.41) is 7.48. The predicted octanol–water partition coefficient (Wildman–Crippen LogP) is 2.91. The topological polar surface area (TPSA) is 95.1 Å². The van der Waals surface area contributed by atoms with E-state index in [1.807, 2.05) is 6.92 Å². The quantitative estimate of drug-likeness (QED) is 0.677. The average molecular weight is 387 g/mol. The molecule has 1 amide bonds. The third kappa shape index (κ3) is 3.60. The molecule has 0 saturated carbocycles. The molecular weight excluding hydrogens is 375 g/mol. The number of nitrogens with zero attached hydrogens (tertiary/aromatic N) is 4. The summed E-state index contributed by atoms with van der Waals surface area (Å²) in [5.74, 6) is -1.97. The van der Waals surface area contributed by atoms with Crippen molar-refractivity contribution in [3.63, 3.8) is 0 Å². The van der Waals surface area contributed by atoms with Gasteiger partial charge < -0.3 is 4.52 Å². The van der Waals surface area contributed by atoms with Crippen molar-refractivity contribution in [1.29, 1.82) is 0 Å². The zero-order chi connectivity index (χ0) is 18.9. The van der Waals surface area contributed by atoms with Gasteiger partial charge in [-0.1, -0.05) is 5.16 Å². The SMILES string of the molecule is CONC(=O)c1cnn(C(C)c2ccc(-c3noc(C(F)(F)F)n3)s2)c1. The van der Waals surface area contributed by atoms with Crippen LogP contribution in [-0.4, -0.2) is 32.9 Å². The average Bonchev–Trinajstić information content (AvgIpc) is 3.31. The number of aromatic nitrogens is 4. The van der Waals surface area contributed by atoms with E-state index in [0.29, 0.717) is 10.4 Å². The van der Waals surface area contributed by atoms with Crippen molar-refractivity contribution in [3.8, 4) is 10.7 Å². The summed E-state index contributed by atoms with van der Waals surface area (Å²) in [6.07, 6.45) is -1.77. The Morgan fingerprint density at radius 1 is 1.42 bits per heavy atom. The van der Waals surface area contributed by atoms with Crippen LogP contribution in [0, 0.1) is 0 Å². The number of nitrogens with one attached hydrogen (secondary N) is 1. The summed E-state index contributed by atoms with van der Waals surface area (Å²) in [5.41, 5.74) is 2.49. The first kappa shape index (κ1) is 18.1. The lowest BCUT2D eigenvalue weighted by atomic mass is 10.2. The number of hydrogen-bond acceptors (Lipinski definition) is 7. The van der Waals surface area contributed by atoms with E-state index in [-0.39, 0.29) is 11.9 Å². The zero-order valence-corrected chi connectivity index (χ0v) is 14.3. The molecule has 0 bridgehead atoms. The summed E-state index contributed by atoms with van der Waals surface area (Å²) < 4.78 is 43.4. The molecule has 3 rings (SSSR count). The second kappa shape index (κ2) is 6.88. The smallest absolute Gasteiger partial charge is 0.329 e. The Hall–Kier alpha value is -2.73. The van der Waals surface area contributed by atoms with Crippen molar-refractivity contribution >= 4 is 17.2 Å². The van der Waals surface area contributed by atoms with Crippen LogP contribution >= 0.6 is 11.3 Å². The molecule has 0 aliphatic carbocycles. The molecule has 138 valence electrons. The van der Waals surface area contributed by atoms with Crippen molar-refractivity contribution in [1.82, 2.24) is 25.4 Å². The molecule has 3 heterocycles. The van der Waals surface area contributed by atoms with Crippen molar-refractivity contribution in [2.45, 2.75) is 19.1 Å². The fourth-order valence-corrected chi connectivity index (χ4v) is 3.06. The lowest BCUT2D eigenvalue weighted by molar-refractivity contribution is -0.159. The fraction of sp³-hybridized carbons (Fsp3) is 0.286. The summed E-state index contributed by atoms with van der Waals surface area (Å²) in [4.78, 5) is 20.8. The molecule has 3 aromatic rings. The van der Waals surface area contributed by atoms with Gasteiger partial charge in [0.1, 0.15) is 0 Å². The van der Waals surface area contributed by atoms with Crippen LogP contribution in [0.2, 0.25) is 0 Å². The molecule has 0 saturated heterocycles. The highest BCUT2D eigenvalue weighted by Crippen LogP contribution is 2.34. The highest BCUT2D eigenvalue weighted by Gasteiger charge is 2.38. The van der Waals surface area contributed by atoms with Crippen LogP contribution in [0.25, 0.3) is 10.7 Å². The molecule has 0 fully saturated rings. The number of amides is 1. The molecule has 12 heteroatoms. The number of hydrogen-bond donors (Lipinski definition) is 1. The first-order chi connectivity index (χ1) is 12.3. The third-order valence-corrected chi connectivity index (χ3v) is 4.63. The molecule has 1 atom stereocenters. The predicted molar refractivity (Wildman–Crippen MR) is 83.1 cm³/mol. The van der Waals surface area contributed by atoms with Crippen LogP contribution in [0.1, 0.15) is 34.1 Å². The van der Waals surface area contributed by atoms with Crippen molar-refractivity contribution in [2.75, 3.05) is 7.11 Å². The number of hydroxylamine groups is 1. The Kier molecular flexibility index (Phi) is 4.78. The van der Waals surface area contributed by atoms with E-state index in [2.05, 4.69) is 30.1 Å². The van der Waals surface area contributed by atoms with Gasteiger partial charge in [0.2, 0.25) is 5.82 Å². The van der Waals surface area contributed by atoms with E-state index in [1.165, 1.54) is 30.8 Å². The second-order valence-electron chi connectivity index (χ2n) is 5.14. The van der Waals surface area contributed by atoms with Gasteiger partial charge in [-0.05, 0) is 19.1 Å². The van der Waals surface area contributed by atoms with Gasteiger partial charge in [0.25, 0.3) is 5.91 Å². The first-order valence-corrected chi connectivity index (χ1v) is 7.99. The number of carbonyl (C=O) groups is 1. The molecule has 0 aliphatic rings. The summed E-state index contributed by atoms with van der Waals surface area (Å²) in [7, 11) is 1.32. The maximum Gasteiger partial charge on any atom is 0.471 e. The van der Waals surface area contributed by atoms with E-state index in [4.69, 9.17) is 0 Å². The van der Waals surface area contributed by atoms with E-state index in [0.717, 1.165) is 4.88 Å². The second-order valence-corrected chi connectivity index (χ2v) is 6.26. The number of halogens is 3. The maximum atomic E-state index is 12.5. The summed E-state index contributed by atoms with van der Waals surface area (Å²) in [6.45, 7) is 1.83. The zero-order valence-electron chi connectivity index (χ0n) is 13.4. The van der Waals surface area contributed by atoms with E-state index >= 15 is 0 Å². The number of thiophene rings is 1. The lowest BCUT2D eigenvalue weighted by Crippen LogP contribution is -2.21. The van der Waals surface area contributed by atoms with Crippen LogP contribution in [0.5, 0.6) is 0 Å². The van der Waals surface area contributed by atoms with E-state index in [9.17, 15) is 18.0 Å². The largest absolute Gasteiger partial charge is 0.471 e. The van der Waals surface area contributed by atoms with Gasteiger partial charge in [-0.25, -0.2) is 5.48 Å². The van der Waals surface area contributed by atoms with Crippen LogP contribution in [0.3, 0.4) is 0 Å². The number of alkyl halides is 3. The first-order valence-electron chi connectivity index (χ1n) is 7.18. The minimum absolute atomic E-state index is 0.138. The number of carbonyl (C=O) groups excluding carboxylic acids is 1. The molecule has 1 N–H and O–H groups in total. The molecule has 26 heavy (non-hydrogen) atoms. The van der Waals surface area contributed by atoms with Gasteiger partial charge in [0, 0.05) is 11.1 Å². The molecule has 0 aliphatic heterocycles. The Morgan fingerprint density at radius 3 is 2.85 bits per heavy atom. The van der Waals surface area contributed by atoms with Gasteiger partial charge in [-0.15, -0.1) is 11.3 Å². The van der Waals surface area contributed by atoms with Gasteiger partial charge >= 0.3 is 12.1 Å². The Labute approximate surface area is 148 Å². The van der Waals surface area contributed by atoms with Gasteiger partial charge in [0.05, 0.1) is 29.8 Å². The van der Waals surface area contributed by atoms with E-state index < -0.39 is 18.0 Å². The maximum absolute atomic E-state index is 12.5. The summed E-state index contributed by atoms with van der Waals surface area (Å²) in [6, 6.07) is 3.07. The minimum atomic E-state index is -4.69. The van der Waals surface area contributed by atoms with Crippen molar-refractivity contribution < 1.29 is 27.3 Å². The molecule has 1 unspecified atom stereocenters. The summed E-state index contributed by atoms with van der Waals surface area (Å²) >= 11 is 1.20. The molecule has 0 spiro atoms. The van der Waals surface area contributed by atoms with Gasteiger partial charge in [-0.2, -0.15) is 23.3 Å². The molecule has 8 nitrogen and oxygen atoms in total. The normalized spacial score (nSPS) is 13.0. The molecule has 3 aromatic heterocycles. The highest BCUT2D eigenvalue weighted by atomic mass is 32.1. The Balaban J connectivity index is 1.79. The Bertz CT molecular complexity index is 917. The van der Waals surface area contributed by atoms with Crippen molar-refractivity contribution in [2.24, 2.45) is 0 Å². The Morgan fingerprint density at radius 2 is 2.19 bits per heavy atom. The van der Waals surface area contributed by atoms with E-state index in [1.54, 1.807) is 16.8 Å². The van der Waals surface area contributed by atoms with Crippen molar-refractivity contribution in [3.05, 3.63) is 40.9 Å². The lowest BCUT2D eigenvalue weighted by Gasteiger charge is -2.09. The minimum Gasteiger partial charge on any atom is -0.329 e. The standard InChI is InChI=1S/C14H12F3N5O3S/c1-7(22-6-8(5-18-22)12(23)21-24-2)9-3-4-10(26-9)11-19-13(25-20-11)14(15,16)17/h3-7H,1-2H3,(H,21,23). The van der Waals surface area contributed by atoms with Crippen LogP contribution in [-0.2, 0) is 11.0 Å². The third-order valence-electron chi connectivity index (χ3n) is 3.38. The molecule has 0 radical (unpaired) electrons.